The zero-order valence-corrected chi connectivity index (χ0v) is 18.0. The monoisotopic (exact) mass is 434 g/mol. The van der Waals surface area contributed by atoms with Gasteiger partial charge >= 0.3 is 0 Å². The molecule has 0 radical (unpaired) electrons. The van der Waals surface area contributed by atoms with Gasteiger partial charge in [-0.1, -0.05) is 12.1 Å². The van der Waals surface area contributed by atoms with E-state index in [0.717, 1.165) is 25.2 Å². The number of anilines is 4. The molecule has 3 aromatic rings. The molecule has 0 saturated carbocycles. The van der Waals surface area contributed by atoms with Crippen LogP contribution in [0.1, 0.15) is 16.7 Å². The van der Waals surface area contributed by atoms with Crippen LogP contribution in [0, 0.1) is 11.3 Å². The Labute approximate surface area is 181 Å². The molecule has 9 nitrogen and oxygen atoms in total. The molecule has 1 aliphatic rings. The number of pyridine rings is 1. The van der Waals surface area contributed by atoms with Gasteiger partial charge in [-0.15, -0.1) is 0 Å². The number of benzene rings is 1. The van der Waals surface area contributed by atoms with Crippen LogP contribution in [-0.2, 0) is 22.7 Å². The number of nitrogens with one attached hydrogen (secondary N) is 3. The highest BCUT2D eigenvalue weighted by Gasteiger charge is 2.12. The number of hydrogen-bond donors (Lipinski definition) is 3. The van der Waals surface area contributed by atoms with E-state index >= 15 is 0 Å². The zero-order valence-electron chi connectivity index (χ0n) is 17.2. The summed E-state index contributed by atoms with van der Waals surface area (Å²) < 4.78 is 16.0. The summed E-state index contributed by atoms with van der Waals surface area (Å²) in [5, 5.41) is 19.0. The van der Waals surface area contributed by atoms with Crippen LogP contribution in [-0.4, -0.2) is 38.2 Å². The largest absolute Gasteiger partial charge is 0.324 e. The van der Waals surface area contributed by atoms with Crippen molar-refractivity contribution in [2.75, 3.05) is 29.7 Å². The number of aromatic nitrogens is 3. The van der Waals surface area contributed by atoms with Crippen molar-refractivity contribution < 1.29 is 4.21 Å². The lowest BCUT2D eigenvalue weighted by atomic mass is 10.0. The van der Waals surface area contributed by atoms with Gasteiger partial charge in [-0.2, -0.15) is 14.6 Å². The number of nitriles is 1. The Morgan fingerprint density at radius 1 is 1.16 bits per heavy atom. The van der Waals surface area contributed by atoms with Crippen LogP contribution >= 0.6 is 0 Å². The zero-order chi connectivity index (χ0) is 21.8. The highest BCUT2D eigenvalue weighted by Crippen LogP contribution is 2.24. The van der Waals surface area contributed by atoms with Gasteiger partial charge in [-0.05, 0) is 48.4 Å². The van der Waals surface area contributed by atoms with Crippen molar-refractivity contribution >= 4 is 38.8 Å². The van der Waals surface area contributed by atoms with Gasteiger partial charge in [-0.25, -0.2) is 14.2 Å². The van der Waals surface area contributed by atoms with Crippen LogP contribution in [0.4, 0.5) is 29.1 Å². The third-order valence-corrected chi connectivity index (χ3v) is 5.18. The second kappa shape index (κ2) is 8.67. The molecular weight excluding hydrogens is 412 g/mol. The van der Waals surface area contributed by atoms with Crippen LogP contribution in [0.15, 0.2) is 47.0 Å². The van der Waals surface area contributed by atoms with Crippen molar-refractivity contribution in [3.63, 3.8) is 0 Å². The Hall–Kier alpha value is -3.55. The fourth-order valence-electron chi connectivity index (χ4n) is 3.20. The van der Waals surface area contributed by atoms with Crippen LogP contribution in [0.5, 0.6) is 0 Å². The fraction of sp³-hybridized carbons (Fsp3) is 0.238. The number of hydrogen-bond acceptors (Lipinski definition) is 9. The molecule has 10 heteroatoms. The molecule has 2 aromatic heterocycles. The lowest BCUT2D eigenvalue weighted by molar-refractivity contribution is 0.644. The summed E-state index contributed by atoms with van der Waals surface area (Å²) in [5.41, 5.74) is 3.74. The summed E-state index contributed by atoms with van der Waals surface area (Å²) >= 11 is 0. The van der Waals surface area contributed by atoms with Gasteiger partial charge in [0.15, 0.2) is 11.6 Å². The highest BCUT2D eigenvalue weighted by atomic mass is 32.2. The average Bonchev–Trinajstić information content (AvgIpc) is 2.73. The average molecular weight is 435 g/mol. The molecule has 0 fully saturated rings. The molecule has 158 valence electrons. The van der Waals surface area contributed by atoms with E-state index in [2.05, 4.69) is 53.5 Å². The lowest BCUT2D eigenvalue weighted by Gasteiger charge is -2.18. The van der Waals surface area contributed by atoms with E-state index < -0.39 is 9.73 Å². The summed E-state index contributed by atoms with van der Waals surface area (Å²) in [6.07, 6.45) is 5.56. The van der Waals surface area contributed by atoms with E-state index in [0.29, 0.717) is 23.4 Å². The Bertz CT molecular complexity index is 1280. The standard InChI is InChI=1S/C21H22N8OS/c1-31(2,30)29-19-5-3-4-18(26-19)27-20-16(11-22)13-24-21(28-20)25-17-7-6-14-8-9-23-12-15(14)10-17/h3-7,10,13,23H,8-9,12H2,1-2H3,(H2,24,25,26,27,28). The third kappa shape index (κ3) is 5.33. The molecule has 0 bridgehead atoms. The number of rotatable bonds is 5. The molecule has 1 aromatic carbocycles. The van der Waals surface area contributed by atoms with Crippen molar-refractivity contribution in [3.05, 3.63) is 59.3 Å². The molecule has 3 N–H and O–H groups in total. The molecule has 1 aliphatic heterocycles. The van der Waals surface area contributed by atoms with Crippen molar-refractivity contribution in [3.8, 4) is 6.07 Å². The van der Waals surface area contributed by atoms with Crippen molar-refractivity contribution in [2.45, 2.75) is 13.0 Å². The van der Waals surface area contributed by atoms with Gasteiger partial charge in [0.1, 0.15) is 17.5 Å². The predicted molar refractivity (Wildman–Crippen MR) is 121 cm³/mol. The summed E-state index contributed by atoms with van der Waals surface area (Å²) in [5.74, 6) is 1.45. The Balaban J connectivity index is 1.59. The maximum absolute atomic E-state index is 11.9. The van der Waals surface area contributed by atoms with Crippen LogP contribution in [0.3, 0.4) is 0 Å². The lowest BCUT2D eigenvalue weighted by Crippen LogP contribution is -2.23. The van der Waals surface area contributed by atoms with Crippen molar-refractivity contribution in [1.82, 2.24) is 20.3 Å². The minimum Gasteiger partial charge on any atom is -0.324 e. The third-order valence-electron chi connectivity index (χ3n) is 4.55. The first kappa shape index (κ1) is 20.7. The Kier molecular flexibility index (Phi) is 5.79. The minimum absolute atomic E-state index is 0.277. The topological polar surface area (TPSA) is 128 Å². The molecule has 0 aliphatic carbocycles. The Morgan fingerprint density at radius 2 is 2.03 bits per heavy atom. The summed E-state index contributed by atoms with van der Waals surface area (Å²) in [7, 11) is -2.34. The van der Waals surface area contributed by atoms with Gasteiger partial charge in [-0.3, -0.25) is 0 Å². The van der Waals surface area contributed by atoms with E-state index in [1.54, 1.807) is 30.7 Å². The Morgan fingerprint density at radius 3 is 2.84 bits per heavy atom. The summed E-state index contributed by atoms with van der Waals surface area (Å²) in [6.45, 7) is 1.82. The second-order valence-corrected chi connectivity index (χ2v) is 9.93. The van der Waals surface area contributed by atoms with Gasteiger partial charge in [0.2, 0.25) is 5.95 Å². The van der Waals surface area contributed by atoms with Gasteiger partial charge in [0, 0.05) is 34.5 Å². The molecule has 31 heavy (non-hydrogen) atoms. The molecule has 0 atom stereocenters. The summed E-state index contributed by atoms with van der Waals surface area (Å²) in [6, 6.07) is 13.4. The van der Waals surface area contributed by atoms with Crippen molar-refractivity contribution in [1.29, 1.82) is 5.26 Å². The molecule has 3 heterocycles. The summed E-state index contributed by atoms with van der Waals surface area (Å²) in [4.78, 5) is 13.0. The van der Waals surface area contributed by atoms with Crippen LogP contribution in [0.25, 0.3) is 0 Å². The molecule has 4 rings (SSSR count). The van der Waals surface area contributed by atoms with E-state index in [1.165, 1.54) is 17.3 Å². The SMILES string of the molecule is CS(C)(=O)=Nc1cccc(Nc2nc(Nc3ccc4c(c3)CNCC4)ncc2C#N)n1. The molecular formula is C21H22N8OS. The maximum atomic E-state index is 11.9. The molecule has 0 saturated heterocycles. The quantitative estimate of drug-likeness (QED) is 0.558. The van der Waals surface area contributed by atoms with E-state index in [4.69, 9.17) is 0 Å². The number of fused-ring (bicyclic) bond motifs is 1. The predicted octanol–water partition coefficient (Wildman–Crippen LogP) is 3.24. The normalized spacial score (nSPS) is 13.1. The van der Waals surface area contributed by atoms with Crippen LogP contribution < -0.4 is 16.0 Å². The van der Waals surface area contributed by atoms with Crippen molar-refractivity contribution in [2.24, 2.45) is 4.36 Å². The van der Waals surface area contributed by atoms with Gasteiger partial charge in [0.05, 0.1) is 6.20 Å². The number of nitrogens with zero attached hydrogens (tertiary/aromatic N) is 5. The first-order valence-electron chi connectivity index (χ1n) is 9.67. The first-order valence-corrected chi connectivity index (χ1v) is 12.0. The van der Waals surface area contributed by atoms with Crippen LogP contribution in [0.2, 0.25) is 0 Å². The highest BCUT2D eigenvalue weighted by molar-refractivity contribution is 7.92. The molecule has 0 amide bonds. The molecule has 0 spiro atoms. The van der Waals surface area contributed by atoms with E-state index in [9.17, 15) is 9.47 Å². The van der Waals surface area contributed by atoms with Gasteiger partial charge in [0.25, 0.3) is 0 Å². The smallest absolute Gasteiger partial charge is 0.229 e. The second-order valence-electron chi connectivity index (χ2n) is 7.38. The van der Waals surface area contributed by atoms with E-state index in [-0.39, 0.29) is 5.56 Å². The first-order chi connectivity index (χ1) is 14.9. The van der Waals surface area contributed by atoms with E-state index in [1.807, 2.05) is 6.07 Å². The van der Waals surface area contributed by atoms with Gasteiger partial charge < -0.3 is 16.0 Å². The molecule has 0 unspecified atom stereocenters. The fourth-order valence-corrected chi connectivity index (χ4v) is 3.75. The maximum Gasteiger partial charge on any atom is 0.229 e. The minimum atomic E-state index is -2.34.